The Morgan fingerprint density at radius 3 is 2.58 bits per heavy atom. The summed E-state index contributed by atoms with van der Waals surface area (Å²) in [6.07, 6.45) is 0. The number of nitrogens with zero attached hydrogens (tertiary/aromatic N) is 1. The highest BCUT2D eigenvalue weighted by molar-refractivity contribution is 7.91. The van der Waals surface area contributed by atoms with Crippen LogP contribution in [0.2, 0.25) is 4.34 Å². The molecule has 0 amide bonds. The first kappa shape index (κ1) is 14.5. The fourth-order valence-electron chi connectivity index (χ4n) is 1.43. The largest absolute Gasteiger partial charge is 0.250 e. The third-order valence-corrected chi connectivity index (χ3v) is 6.75. The number of rotatable bonds is 4. The van der Waals surface area contributed by atoms with Crippen LogP contribution >= 0.6 is 34.3 Å². The van der Waals surface area contributed by atoms with E-state index in [0.29, 0.717) is 9.21 Å². The number of hydrogen-bond donors (Lipinski definition) is 1. The Hall–Kier alpha value is -0.910. The van der Waals surface area contributed by atoms with Crippen molar-refractivity contribution in [3.05, 3.63) is 38.4 Å². The number of nitrogens with one attached hydrogen (secondary N) is 1. The van der Waals surface area contributed by atoms with E-state index in [4.69, 9.17) is 16.9 Å². The van der Waals surface area contributed by atoms with Crippen molar-refractivity contribution in [1.82, 2.24) is 4.72 Å². The SMILES string of the molecule is CC(NS(=O)(=O)c1ccc(C#N)s1)c1ccc(Cl)s1. The summed E-state index contributed by atoms with van der Waals surface area (Å²) in [5, 5.41) is 8.71. The Bertz CT molecular complexity index is 727. The first-order valence-corrected chi connectivity index (χ1v) is 8.69. The Morgan fingerprint density at radius 2 is 2.05 bits per heavy atom. The van der Waals surface area contributed by atoms with Gasteiger partial charge >= 0.3 is 0 Å². The smallest absolute Gasteiger partial charge is 0.206 e. The molecule has 100 valence electrons. The monoisotopic (exact) mass is 332 g/mol. The summed E-state index contributed by atoms with van der Waals surface area (Å²) in [6.45, 7) is 1.75. The summed E-state index contributed by atoms with van der Waals surface area (Å²) in [6, 6.07) is 7.99. The second-order valence-electron chi connectivity index (χ2n) is 3.72. The molecular weight excluding hydrogens is 324 g/mol. The van der Waals surface area contributed by atoms with E-state index in [1.807, 2.05) is 6.07 Å². The van der Waals surface area contributed by atoms with Crippen LogP contribution in [0.15, 0.2) is 28.5 Å². The van der Waals surface area contributed by atoms with E-state index in [1.54, 1.807) is 19.1 Å². The van der Waals surface area contributed by atoms with Crippen molar-refractivity contribution in [3.8, 4) is 6.07 Å². The van der Waals surface area contributed by atoms with Gasteiger partial charge < -0.3 is 0 Å². The molecule has 0 fully saturated rings. The van der Waals surface area contributed by atoms with E-state index in [-0.39, 0.29) is 10.3 Å². The lowest BCUT2D eigenvalue weighted by Crippen LogP contribution is -2.25. The van der Waals surface area contributed by atoms with Gasteiger partial charge in [0, 0.05) is 4.88 Å². The van der Waals surface area contributed by atoms with E-state index in [1.165, 1.54) is 23.5 Å². The first-order valence-electron chi connectivity index (χ1n) is 5.20. The zero-order valence-electron chi connectivity index (χ0n) is 9.75. The topological polar surface area (TPSA) is 70.0 Å². The van der Waals surface area contributed by atoms with Crippen molar-refractivity contribution in [1.29, 1.82) is 5.26 Å². The summed E-state index contributed by atoms with van der Waals surface area (Å²) < 4.78 is 27.5. The van der Waals surface area contributed by atoms with Gasteiger partial charge in [0.05, 0.1) is 10.4 Å². The molecule has 0 saturated heterocycles. The van der Waals surface area contributed by atoms with Crippen LogP contribution in [-0.4, -0.2) is 8.42 Å². The predicted octanol–water partition coefficient (Wildman–Crippen LogP) is 3.37. The minimum absolute atomic E-state index is 0.138. The molecular formula is C11H9ClN2O2S3. The Morgan fingerprint density at radius 1 is 1.32 bits per heavy atom. The lowest BCUT2D eigenvalue weighted by atomic mass is 10.3. The molecule has 2 aromatic heterocycles. The second-order valence-corrected chi connectivity index (χ2v) is 8.49. The van der Waals surface area contributed by atoms with Gasteiger partial charge in [0.2, 0.25) is 0 Å². The van der Waals surface area contributed by atoms with Gasteiger partial charge in [0.15, 0.2) is 0 Å². The maximum absolute atomic E-state index is 12.1. The lowest BCUT2D eigenvalue weighted by Gasteiger charge is -2.11. The summed E-state index contributed by atoms with van der Waals surface area (Å²) >= 11 is 8.10. The van der Waals surface area contributed by atoms with Crippen molar-refractivity contribution in [3.63, 3.8) is 0 Å². The predicted molar refractivity (Wildman–Crippen MR) is 77.1 cm³/mol. The molecule has 0 aromatic carbocycles. The van der Waals surface area contributed by atoms with E-state index < -0.39 is 10.0 Å². The maximum Gasteiger partial charge on any atom is 0.250 e. The van der Waals surface area contributed by atoms with Crippen LogP contribution in [0.3, 0.4) is 0 Å². The molecule has 0 saturated carbocycles. The van der Waals surface area contributed by atoms with Crippen molar-refractivity contribution in [2.45, 2.75) is 17.2 Å². The van der Waals surface area contributed by atoms with Gasteiger partial charge in [-0.15, -0.1) is 22.7 Å². The fraction of sp³-hybridized carbons (Fsp3) is 0.182. The molecule has 0 aliphatic rings. The minimum atomic E-state index is -3.61. The van der Waals surface area contributed by atoms with Gasteiger partial charge in [-0.3, -0.25) is 0 Å². The first-order chi connectivity index (χ1) is 8.92. The maximum atomic E-state index is 12.1. The number of hydrogen-bond acceptors (Lipinski definition) is 5. The zero-order valence-corrected chi connectivity index (χ0v) is 13.0. The molecule has 2 aromatic rings. The van der Waals surface area contributed by atoms with Gasteiger partial charge in [-0.05, 0) is 31.2 Å². The molecule has 8 heteroatoms. The second kappa shape index (κ2) is 5.61. The van der Waals surface area contributed by atoms with E-state index in [9.17, 15) is 8.42 Å². The average molecular weight is 333 g/mol. The molecule has 1 unspecified atom stereocenters. The van der Waals surface area contributed by atoms with Gasteiger partial charge in [-0.2, -0.15) is 5.26 Å². The van der Waals surface area contributed by atoms with Crippen LogP contribution in [-0.2, 0) is 10.0 Å². The molecule has 0 spiro atoms. The van der Waals surface area contributed by atoms with Gasteiger partial charge in [-0.25, -0.2) is 13.1 Å². The Kier molecular flexibility index (Phi) is 4.28. The molecule has 0 radical (unpaired) electrons. The van der Waals surface area contributed by atoms with E-state index in [0.717, 1.165) is 16.2 Å². The summed E-state index contributed by atoms with van der Waals surface area (Å²) in [7, 11) is -3.61. The van der Waals surface area contributed by atoms with E-state index >= 15 is 0 Å². The molecule has 1 atom stereocenters. The van der Waals surface area contributed by atoms with Crippen LogP contribution in [0, 0.1) is 11.3 Å². The molecule has 19 heavy (non-hydrogen) atoms. The highest BCUT2D eigenvalue weighted by Gasteiger charge is 2.21. The molecule has 2 heterocycles. The number of sulfonamides is 1. The van der Waals surface area contributed by atoms with Gasteiger partial charge in [0.25, 0.3) is 10.0 Å². The Balaban J connectivity index is 2.20. The quantitative estimate of drug-likeness (QED) is 0.933. The summed E-state index contributed by atoms with van der Waals surface area (Å²) in [5.74, 6) is 0. The molecule has 0 aliphatic carbocycles. The van der Waals surface area contributed by atoms with Crippen LogP contribution in [0.25, 0.3) is 0 Å². The number of nitriles is 1. The van der Waals surface area contributed by atoms with Gasteiger partial charge in [-0.1, -0.05) is 11.6 Å². The molecule has 0 aliphatic heterocycles. The normalized spacial score (nSPS) is 13.1. The van der Waals surface area contributed by atoms with E-state index in [2.05, 4.69) is 4.72 Å². The molecule has 2 rings (SSSR count). The van der Waals surface area contributed by atoms with Crippen molar-refractivity contribution in [2.75, 3.05) is 0 Å². The summed E-state index contributed by atoms with van der Waals surface area (Å²) in [4.78, 5) is 1.21. The highest BCUT2D eigenvalue weighted by Crippen LogP contribution is 2.28. The fourth-order valence-corrected chi connectivity index (χ4v) is 4.92. The lowest BCUT2D eigenvalue weighted by molar-refractivity contribution is 0.570. The van der Waals surface area contributed by atoms with Gasteiger partial charge in [0.1, 0.15) is 15.2 Å². The van der Waals surface area contributed by atoms with Crippen molar-refractivity contribution in [2.24, 2.45) is 0 Å². The standard InChI is InChI=1S/C11H9ClN2O2S3/c1-7(9-3-4-10(12)18-9)14-19(15,16)11-5-2-8(6-13)17-11/h2-5,7,14H,1H3. The highest BCUT2D eigenvalue weighted by atomic mass is 35.5. The molecule has 0 bridgehead atoms. The molecule has 1 N–H and O–H groups in total. The minimum Gasteiger partial charge on any atom is -0.206 e. The zero-order chi connectivity index (χ0) is 14.0. The number of thiophene rings is 2. The van der Waals surface area contributed by atoms with Crippen LogP contribution in [0.1, 0.15) is 22.7 Å². The average Bonchev–Trinajstić information content (AvgIpc) is 2.96. The van der Waals surface area contributed by atoms with Crippen LogP contribution in [0.4, 0.5) is 0 Å². The van der Waals surface area contributed by atoms with Crippen LogP contribution < -0.4 is 4.72 Å². The third kappa shape index (κ3) is 3.35. The molecule has 4 nitrogen and oxygen atoms in total. The van der Waals surface area contributed by atoms with Crippen molar-refractivity contribution < 1.29 is 8.42 Å². The third-order valence-electron chi connectivity index (χ3n) is 2.31. The van der Waals surface area contributed by atoms with Crippen molar-refractivity contribution >= 4 is 44.3 Å². The Labute approximate surface area is 124 Å². The van der Waals surface area contributed by atoms with Crippen LogP contribution in [0.5, 0.6) is 0 Å². The summed E-state index contributed by atoms with van der Waals surface area (Å²) in [5.41, 5.74) is 0. The number of halogens is 1.